The first kappa shape index (κ1) is 10.1. The van der Waals surface area contributed by atoms with Crippen molar-refractivity contribution in [3.05, 3.63) is 30.1 Å². The fourth-order valence-corrected chi connectivity index (χ4v) is 1.20. The van der Waals surface area contributed by atoms with Gasteiger partial charge in [0.15, 0.2) is 0 Å². The summed E-state index contributed by atoms with van der Waals surface area (Å²) in [6.45, 7) is 0.559. The van der Waals surface area contributed by atoms with E-state index >= 15 is 0 Å². The summed E-state index contributed by atoms with van der Waals surface area (Å²) in [5, 5.41) is 3.10. The van der Waals surface area contributed by atoms with Crippen LogP contribution in [0.2, 0.25) is 0 Å². The minimum Gasteiger partial charge on any atom is -0.458 e. The lowest BCUT2D eigenvalue weighted by Gasteiger charge is -2.04. The predicted molar refractivity (Wildman–Crippen MR) is 55.1 cm³/mol. The Morgan fingerprint density at radius 1 is 1.53 bits per heavy atom. The molecule has 1 fully saturated rings. The number of rotatable bonds is 5. The van der Waals surface area contributed by atoms with Crippen LogP contribution in [0.5, 0.6) is 0 Å². The van der Waals surface area contributed by atoms with Gasteiger partial charge in [-0.2, -0.15) is 0 Å². The highest BCUT2D eigenvalue weighted by Gasteiger charge is 2.21. The van der Waals surface area contributed by atoms with Crippen molar-refractivity contribution in [2.24, 2.45) is 0 Å². The second-order valence-electron chi connectivity index (χ2n) is 3.64. The zero-order valence-electron chi connectivity index (χ0n) is 8.48. The second kappa shape index (κ2) is 4.89. The molecule has 1 N–H and O–H groups in total. The molecule has 0 spiro atoms. The van der Waals surface area contributed by atoms with E-state index in [4.69, 9.17) is 4.74 Å². The summed E-state index contributed by atoms with van der Waals surface area (Å²) in [6.07, 6.45) is 4.03. The highest BCUT2D eigenvalue weighted by Crippen LogP contribution is 2.17. The molecule has 1 aliphatic carbocycles. The molecule has 80 valence electrons. The molecule has 4 nitrogen and oxygen atoms in total. The lowest BCUT2D eigenvalue weighted by atomic mass is 10.4. The van der Waals surface area contributed by atoms with Gasteiger partial charge in [-0.05, 0) is 25.0 Å². The fourth-order valence-electron chi connectivity index (χ4n) is 1.20. The fraction of sp³-hybridized carbons (Fsp3) is 0.455. The van der Waals surface area contributed by atoms with Gasteiger partial charge in [-0.25, -0.2) is 0 Å². The summed E-state index contributed by atoms with van der Waals surface area (Å²) in [5.41, 5.74) is 0.775. The minimum atomic E-state index is -0.215. The number of esters is 1. The van der Waals surface area contributed by atoms with Gasteiger partial charge in [-0.3, -0.25) is 9.78 Å². The van der Waals surface area contributed by atoms with Gasteiger partial charge in [0.25, 0.3) is 0 Å². The number of nitrogens with one attached hydrogen (secondary N) is 1. The lowest BCUT2D eigenvalue weighted by molar-refractivity contribution is -0.144. The van der Waals surface area contributed by atoms with Gasteiger partial charge in [-0.15, -0.1) is 0 Å². The van der Waals surface area contributed by atoms with Crippen molar-refractivity contribution in [2.45, 2.75) is 25.5 Å². The van der Waals surface area contributed by atoms with E-state index in [2.05, 4.69) is 10.3 Å². The molecule has 0 bridgehead atoms. The molecule has 15 heavy (non-hydrogen) atoms. The zero-order chi connectivity index (χ0) is 10.5. The van der Waals surface area contributed by atoms with Gasteiger partial charge in [0, 0.05) is 12.2 Å². The first-order valence-electron chi connectivity index (χ1n) is 5.13. The van der Waals surface area contributed by atoms with Gasteiger partial charge in [0.05, 0.1) is 12.2 Å². The van der Waals surface area contributed by atoms with Crippen LogP contribution < -0.4 is 5.32 Å². The van der Waals surface area contributed by atoms with Crippen molar-refractivity contribution in [1.29, 1.82) is 0 Å². The SMILES string of the molecule is O=C(CNC1CC1)OCc1ccccn1. The monoisotopic (exact) mass is 206 g/mol. The molecule has 0 saturated heterocycles. The van der Waals surface area contributed by atoms with Crippen molar-refractivity contribution < 1.29 is 9.53 Å². The van der Waals surface area contributed by atoms with Gasteiger partial charge in [0.1, 0.15) is 6.61 Å². The number of pyridine rings is 1. The van der Waals surface area contributed by atoms with Crippen LogP contribution in [0.25, 0.3) is 0 Å². The van der Waals surface area contributed by atoms with Gasteiger partial charge >= 0.3 is 5.97 Å². The van der Waals surface area contributed by atoms with Gasteiger partial charge < -0.3 is 10.1 Å². The van der Waals surface area contributed by atoms with Crippen LogP contribution in [-0.2, 0) is 16.1 Å². The van der Waals surface area contributed by atoms with Crippen LogP contribution >= 0.6 is 0 Å². The van der Waals surface area contributed by atoms with Crippen molar-refractivity contribution in [3.8, 4) is 0 Å². The van der Waals surface area contributed by atoms with Gasteiger partial charge in [-0.1, -0.05) is 6.07 Å². The molecule has 4 heteroatoms. The lowest BCUT2D eigenvalue weighted by Crippen LogP contribution is -2.26. The predicted octanol–water partition coefficient (Wildman–Crippen LogP) is 0.877. The van der Waals surface area contributed by atoms with E-state index in [0.717, 1.165) is 5.69 Å². The molecule has 2 rings (SSSR count). The molecule has 0 radical (unpaired) electrons. The topological polar surface area (TPSA) is 51.2 Å². The largest absolute Gasteiger partial charge is 0.458 e. The maximum atomic E-state index is 11.2. The van der Waals surface area contributed by atoms with Crippen molar-refractivity contribution in [3.63, 3.8) is 0 Å². The molecule has 1 aromatic rings. The molecule has 0 amide bonds. The first-order valence-corrected chi connectivity index (χ1v) is 5.13. The van der Waals surface area contributed by atoms with E-state index in [1.54, 1.807) is 6.20 Å². The Morgan fingerprint density at radius 2 is 2.40 bits per heavy atom. The normalized spacial score (nSPS) is 14.9. The maximum Gasteiger partial charge on any atom is 0.320 e. The van der Waals surface area contributed by atoms with Gasteiger partial charge in [0.2, 0.25) is 0 Å². The van der Waals surface area contributed by atoms with Crippen molar-refractivity contribution in [1.82, 2.24) is 10.3 Å². The van der Waals surface area contributed by atoms with Crippen LogP contribution in [0.15, 0.2) is 24.4 Å². The van der Waals surface area contributed by atoms with Crippen LogP contribution in [0.3, 0.4) is 0 Å². The van der Waals surface area contributed by atoms with Crippen molar-refractivity contribution in [2.75, 3.05) is 6.54 Å². The summed E-state index contributed by atoms with van der Waals surface area (Å²) in [5.74, 6) is -0.215. The van der Waals surface area contributed by atoms with E-state index in [1.165, 1.54) is 12.8 Å². The smallest absolute Gasteiger partial charge is 0.320 e. The second-order valence-corrected chi connectivity index (χ2v) is 3.64. The maximum absolute atomic E-state index is 11.2. The Bertz CT molecular complexity index is 323. The van der Waals surface area contributed by atoms with E-state index in [9.17, 15) is 4.79 Å². The Hall–Kier alpha value is -1.42. The Labute approximate surface area is 88.7 Å². The number of hydrogen-bond donors (Lipinski definition) is 1. The Morgan fingerprint density at radius 3 is 3.07 bits per heavy atom. The number of carbonyl (C=O) groups is 1. The average Bonchev–Trinajstić information content (AvgIpc) is 3.09. The Balaban J connectivity index is 1.66. The number of ether oxygens (including phenoxy) is 1. The zero-order valence-corrected chi connectivity index (χ0v) is 8.48. The molecule has 0 unspecified atom stereocenters. The van der Waals surface area contributed by atoms with Crippen LogP contribution in [0.1, 0.15) is 18.5 Å². The molecular formula is C11H14N2O2. The molecular weight excluding hydrogens is 192 g/mol. The van der Waals surface area contributed by atoms with E-state index in [1.807, 2.05) is 18.2 Å². The summed E-state index contributed by atoms with van der Waals surface area (Å²) < 4.78 is 5.04. The number of aromatic nitrogens is 1. The van der Waals surface area contributed by atoms with Crippen LogP contribution in [0, 0.1) is 0 Å². The molecule has 1 aliphatic rings. The minimum absolute atomic E-state index is 0.215. The van der Waals surface area contributed by atoms with E-state index in [-0.39, 0.29) is 12.6 Å². The highest BCUT2D eigenvalue weighted by atomic mass is 16.5. The van der Waals surface area contributed by atoms with Crippen molar-refractivity contribution >= 4 is 5.97 Å². The molecule has 0 atom stereocenters. The van der Waals surface area contributed by atoms with Crippen LogP contribution in [0.4, 0.5) is 0 Å². The van der Waals surface area contributed by atoms with E-state index in [0.29, 0.717) is 12.6 Å². The first-order chi connectivity index (χ1) is 7.34. The Kier molecular flexibility index (Phi) is 3.29. The van der Waals surface area contributed by atoms with Crippen LogP contribution in [-0.4, -0.2) is 23.5 Å². The summed E-state index contributed by atoms with van der Waals surface area (Å²) in [6, 6.07) is 6.08. The standard InChI is InChI=1S/C11H14N2O2/c14-11(7-13-9-4-5-9)15-8-10-3-1-2-6-12-10/h1-3,6,9,13H,4-5,7-8H2. The molecule has 0 aromatic carbocycles. The number of carbonyl (C=O) groups excluding carboxylic acids is 1. The average molecular weight is 206 g/mol. The number of hydrogen-bond acceptors (Lipinski definition) is 4. The molecule has 0 aliphatic heterocycles. The summed E-state index contributed by atoms with van der Waals surface area (Å²) in [7, 11) is 0. The molecule has 1 heterocycles. The third-order valence-electron chi connectivity index (χ3n) is 2.22. The molecule has 1 saturated carbocycles. The highest BCUT2D eigenvalue weighted by molar-refractivity contribution is 5.71. The summed E-state index contributed by atoms with van der Waals surface area (Å²) in [4.78, 5) is 15.3. The van der Waals surface area contributed by atoms with E-state index < -0.39 is 0 Å². The quantitative estimate of drug-likeness (QED) is 0.726. The summed E-state index contributed by atoms with van der Waals surface area (Å²) >= 11 is 0. The molecule has 1 aromatic heterocycles. The number of nitrogens with zero attached hydrogens (tertiary/aromatic N) is 1. The third-order valence-corrected chi connectivity index (χ3v) is 2.22. The third kappa shape index (κ3) is 3.67.